The van der Waals surface area contributed by atoms with Gasteiger partial charge in [-0.05, 0) is 23.7 Å². The van der Waals surface area contributed by atoms with Crippen molar-refractivity contribution in [3.63, 3.8) is 0 Å². The second-order valence-corrected chi connectivity index (χ2v) is 4.06. The van der Waals surface area contributed by atoms with Crippen LogP contribution in [-0.2, 0) is 10.3 Å². The molecule has 1 rings (SSSR count). The van der Waals surface area contributed by atoms with E-state index < -0.39 is 0 Å². The smallest absolute Gasteiger partial charge is 0.133 e. The van der Waals surface area contributed by atoms with Crippen LogP contribution in [0.1, 0.15) is 18.9 Å². The molecule has 1 unspecified atom stereocenters. The van der Waals surface area contributed by atoms with Crippen molar-refractivity contribution in [3.8, 4) is 5.40 Å². The summed E-state index contributed by atoms with van der Waals surface area (Å²) in [5.41, 5.74) is 0.805. The van der Waals surface area contributed by atoms with E-state index in [1.54, 1.807) is 7.11 Å². The molecular formula is C12H15NOS. The van der Waals surface area contributed by atoms with Crippen molar-refractivity contribution in [3.05, 3.63) is 35.9 Å². The van der Waals surface area contributed by atoms with Gasteiger partial charge in [-0.15, -0.1) is 0 Å². The Morgan fingerprint density at radius 3 is 2.53 bits per heavy atom. The summed E-state index contributed by atoms with van der Waals surface area (Å²) in [5, 5.41) is 10.7. The van der Waals surface area contributed by atoms with Gasteiger partial charge in [0, 0.05) is 12.9 Å². The van der Waals surface area contributed by atoms with Gasteiger partial charge in [0.25, 0.3) is 0 Å². The second-order valence-electron chi connectivity index (χ2n) is 3.30. The second kappa shape index (κ2) is 5.79. The van der Waals surface area contributed by atoms with Crippen molar-refractivity contribution < 1.29 is 4.74 Å². The largest absolute Gasteiger partial charge is 0.373 e. The van der Waals surface area contributed by atoms with Crippen LogP contribution in [0.15, 0.2) is 30.3 Å². The van der Waals surface area contributed by atoms with Gasteiger partial charge in [-0.1, -0.05) is 37.3 Å². The van der Waals surface area contributed by atoms with E-state index in [4.69, 9.17) is 10.00 Å². The summed E-state index contributed by atoms with van der Waals surface area (Å²) in [6, 6.07) is 10.1. The van der Waals surface area contributed by atoms with Crippen LogP contribution in [0, 0.1) is 10.7 Å². The first-order valence-electron chi connectivity index (χ1n) is 4.90. The van der Waals surface area contributed by atoms with Gasteiger partial charge in [0.2, 0.25) is 0 Å². The van der Waals surface area contributed by atoms with Crippen molar-refractivity contribution in [1.82, 2.24) is 0 Å². The normalized spacial score (nSPS) is 14.2. The molecule has 0 N–H and O–H groups in total. The molecule has 0 heterocycles. The summed E-state index contributed by atoms with van der Waals surface area (Å²) in [6.45, 7) is 2.08. The van der Waals surface area contributed by atoms with E-state index in [0.717, 1.165) is 12.0 Å². The molecule has 15 heavy (non-hydrogen) atoms. The van der Waals surface area contributed by atoms with E-state index in [-0.39, 0.29) is 5.60 Å². The summed E-state index contributed by atoms with van der Waals surface area (Å²) in [7, 11) is 1.70. The Bertz CT molecular complexity index is 327. The molecule has 0 spiro atoms. The molecule has 0 radical (unpaired) electrons. The van der Waals surface area contributed by atoms with Crippen LogP contribution in [0.25, 0.3) is 0 Å². The zero-order valence-electron chi connectivity index (χ0n) is 9.06. The third kappa shape index (κ3) is 2.74. The minimum absolute atomic E-state index is 0.332. The molecule has 80 valence electrons. The van der Waals surface area contributed by atoms with Gasteiger partial charge < -0.3 is 4.74 Å². The molecule has 0 bridgehead atoms. The average Bonchev–Trinajstić information content (AvgIpc) is 2.33. The lowest BCUT2D eigenvalue weighted by atomic mass is 9.93. The standard InChI is InChI=1S/C12H15NOS/c1-3-12(14-2,9-15-10-13)11-7-5-4-6-8-11/h4-8H,3,9H2,1-2H3. The minimum atomic E-state index is -0.332. The number of nitrogens with zero attached hydrogens (tertiary/aromatic N) is 1. The van der Waals surface area contributed by atoms with E-state index >= 15 is 0 Å². The number of hydrogen-bond acceptors (Lipinski definition) is 3. The fraction of sp³-hybridized carbons (Fsp3) is 0.417. The lowest BCUT2D eigenvalue weighted by Crippen LogP contribution is -2.30. The Morgan fingerprint density at radius 1 is 1.40 bits per heavy atom. The Labute approximate surface area is 95.3 Å². The van der Waals surface area contributed by atoms with Crippen LogP contribution >= 0.6 is 11.8 Å². The highest BCUT2D eigenvalue weighted by Crippen LogP contribution is 2.32. The molecule has 1 atom stereocenters. The number of thioether (sulfide) groups is 1. The predicted molar refractivity (Wildman–Crippen MR) is 63.5 cm³/mol. The summed E-state index contributed by atoms with van der Waals surface area (Å²) in [4.78, 5) is 0. The van der Waals surface area contributed by atoms with E-state index in [0.29, 0.717) is 5.75 Å². The molecule has 0 saturated carbocycles. The number of hydrogen-bond donors (Lipinski definition) is 0. The zero-order chi connectivity index (χ0) is 11.1. The molecule has 0 saturated heterocycles. The highest BCUT2D eigenvalue weighted by molar-refractivity contribution is 8.03. The fourth-order valence-electron chi connectivity index (χ4n) is 1.60. The minimum Gasteiger partial charge on any atom is -0.373 e. The Hall–Kier alpha value is -0.980. The van der Waals surface area contributed by atoms with Gasteiger partial charge in [0.15, 0.2) is 0 Å². The molecule has 0 aliphatic rings. The van der Waals surface area contributed by atoms with Crippen LogP contribution in [0.4, 0.5) is 0 Å². The van der Waals surface area contributed by atoms with Crippen LogP contribution < -0.4 is 0 Å². The molecule has 0 amide bonds. The third-order valence-corrected chi connectivity index (χ3v) is 3.37. The maximum Gasteiger partial charge on any atom is 0.133 e. The predicted octanol–water partition coefficient (Wildman–Crippen LogP) is 3.15. The topological polar surface area (TPSA) is 33.0 Å². The first-order chi connectivity index (χ1) is 7.29. The van der Waals surface area contributed by atoms with Crippen molar-refractivity contribution in [2.45, 2.75) is 18.9 Å². The number of methoxy groups -OCH3 is 1. The van der Waals surface area contributed by atoms with Crippen LogP contribution in [-0.4, -0.2) is 12.9 Å². The van der Waals surface area contributed by atoms with Gasteiger partial charge >= 0.3 is 0 Å². The van der Waals surface area contributed by atoms with Crippen molar-refractivity contribution in [1.29, 1.82) is 5.26 Å². The number of benzene rings is 1. The molecule has 1 aromatic rings. The first-order valence-corrected chi connectivity index (χ1v) is 5.89. The van der Waals surface area contributed by atoms with E-state index in [9.17, 15) is 0 Å². The molecule has 0 aliphatic carbocycles. The molecule has 2 nitrogen and oxygen atoms in total. The van der Waals surface area contributed by atoms with E-state index in [1.165, 1.54) is 11.8 Å². The van der Waals surface area contributed by atoms with E-state index in [1.807, 2.05) is 30.3 Å². The first kappa shape index (κ1) is 12.1. The van der Waals surface area contributed by atoms with Gasteiger partial charge in [0.05, 0.1) is 0 Å². The van der Waals surface area contributed by atoms with Crippen LogP contribution in [0.5, 0.6) is 0 Å². The zero-order valence-corrected chi connectivity index (χ0v) is 9.88. The average molecular weight is 221 g/mol. The van der Waals surface area contributed by atoms with Crippen molar-refractivity contribution in [2.24, 2.45) is 0 Å². The Balaban J connectivity index is 2.95. The lowest BCUT2D eigenvalue weighted by Gasteiger charge is -2.30. The Kier molecular flexibility index (Phi) is 4.67. The Morgan fingerprint density at radius 2 is 2.07 bits per heavy atom. The summed E-state index contributed by atoms with van der Waals surface area (Å²) < 4.78 is 5.60. The molecular weight excluding hydrogens is 206 g/mol. The molecule has 0 fully saturated rings. The molecule has 0 aromatic heterocycles. The number of rotatable bonds is 5. The number of nitriles is 1. The molecule has 3 heteroatoms. The molecule has 0 aliphatic heterocycles. The third-order valence-electron chi connectivity index (χ3n) is 2.63. The maximum absolute atomic E-state index is 8.62. The van der Waals surface area contributed by atoms with Gasteiger partial charge in [-0.3, -0.25) is 0 Å². The van der Waals surface area contributed by atoms with Crippen LogP contribution in [0.2, 0.25) is 0 Å². The highest BCUT2D eigenvalue weighted by atomic mass is 32.2. The highest BCUT2D eigenvalue weighted by Gasteiger charge is 2.29. The number of ether oxygens (including phenoxy) is 1. The summed E-state index contributed by atoms with van der Waals surface area (Å²) >= 11 is 1.24. The van der Waals surface area contributed by atoms with E-state index in [2.05, 4.69) is 12.3 Å². The maximum atomic E-state index is 8.62. The quantitative estimate of drug-likeness (QED) is 0.716. The van der Waals surface area contributed by atoms with Gasteiger partial charge in [-0.25, -0.2) is 0 Å². The van der Waals surface area contributed by atoms with Crippen molar-refractivity contribution >= 4 is 11.8 Å². The summed E-state index contributed by atoms with van der Waals surface area (Å²) in [5.74, 6) is 0.667. The van der Waals surface area contributed by atoms with Gasteiger partial charge in [0.1, 0.15) is 11.0 Å². The fourth-order valence-corrected chi connectivity index (χ4v) is 2.39. The van der Waals surface area contributed by atoms with Crippen molar-refractivity contribution in [2.75, 3.05) is 12.9 Å². The monoisotopic (exact) mass is 221 g/mol. The number of thiocyanates is 1. The molecule has 1 aromatic carbocycles. The van der Waals surface area contributed by atoms with Crippen LogP contribution in [0.3, 0.4) is 0 Å². The SMILES string of the molecule is CCC(CSC#N)(OC)c1ccccc1. The lowest BCUT2D eigenvalue weighted by molar-refractivity contribution is 0.00326. The summed E-state index contributed by atoms with van der Waals surface area (Å²) in [6.07, 6.45) is 0.863. The van der Waals surface area contributed by atoms with Gasteiger partial charge in [-0.2, -0.15) is 5.26 Å².